The fourth-order valence-corrected chi connectivity index (χ4v) is 3.25. The summed E-state index contributed by atoms with van der Waals surface area (Å²) in [5.41, 5.74) is 2.89. The van der Waals surface area contributed by atoms with Crippen LogP contribution in [-0.4, -0.2) is 52.7 Å². The molecular weight excluding hydrogens is 356 g/mol. The number of nitrogens with zero attached hydrogens (tertiary/aromatic N) is 3. The lowest BCUT2D eigenvalue weighted by Gasteiger charge is -2.32. The Hall–Kier alpha value is -2.90. The number of hydrogen-bond donors (Lipinski definition) is 1. The SMILES string of the molecule is O=C(OCc1ccccc1)N1CCOC(CNCc2cn3ccccc3n2)C1. The number of hydrogen-bond acceptors (Lipinski definition) is 5. The molecule has 28 heavy (non-hydrogen) atoms. The summed E-state index contributed by atoms with van der Waals surface area (Å²) in [6.07, 6.45) is 3.64. The lowest BCUT2D eigenvalue weighted by Crippen LogP contribution is -2.49. The van der Waals surface area contributed by atoms with Crippen molar-refractivity contribution < 1.29 is 14.3 Å². The van der Waals surface area contributed by atoms with E-state index in [-0.39, 0.29) is 18.8 Å². The molecule has 1 aliphatic heterocycles. The molecule has 3 aromatic rings. The summed E-state index contributed by atoms with van der Waals surface area (Å²) in [6, 6.07) is 15.6. The average Bonchev–Trinajstić information content (AvgIpc) is 3.16. The smallest absolute Gasteiger partial charge is 0.410 e. The number of morpholine rings is 1. The van der Waals surface area contributed by atoms with Gasteiger partial charge in [-0.25, -0.2) is 9.78 Å². The lowest BCUT2D eigenvalue weighted by atomic mass is 10.2. The van der Waals surface area contributed by atoms with Crippen molar-refractivity contribution in [2.45, 2.75) is 19.3 Å². The Balaban J connectivity index is 1.22. The second-order valence-corrected chi connectivity index (χ2v) is 6.81. The van der Waals surface area contributed by atoms with Crippen molar-refractivity contribution in [3.05, 3.63) is 72.2 Å². The number of fused-ring (bicyclic) bond motifs is 1. The van der Waals surface area contributed by atoms with Gasteiger partial charge in [0.05, 0.1) is 24.9 Å². The van der Waals surface area contributed by atoms with Crippen molar-refractivity contribution in [1.29, 1.82) is 0 Å². The number of carbonyl (C=O) groups excluding carboxylic acids is 1. The molecule has 4 rings (SSSR count). The van der Waals surface area contributed by atoms with E-state index in [9.17, 15) is 4.79 Å². The summed E-state index contributed by atoms with van der Waals surface area (Å²) < 4.78 is 13.2. The van der Waals surface area contributed by atoms with Gasteiger partial charge in [0, 0.05) is 32.0 Å². The number of ether oxygens (including phenoxy) is 2. The molecule has 1 aromatic carbocycles. The number of benzene rings is 1. The molecule has 1 N–H and O–H groups in total. The zero-order valence-electron chi connectivity index (χ0n) is 15.7. The van der Waals surface area contributed by atoms with Gasteiger partial charge in [-0.05, 0) is 17.7 Å². The second-order valence-electron chi connectivity index (χ2n) is 6.81. The highest BCUT2D eigenvalue weighted by Gasteiger charge is 2.25. The number of amides is 1. The quantitative estimate of drug-likeness (QED) is 0.712. The van der Waals surface area contributed by atoms with Crippen LogP contribution >= 0.6 is 0 Å². The third-order valence-corrected chi connectivity index (χ3v) is 4.69. The van der Waals surface area contributed by atoms with Gasteiger partial charge < -0.3 is 24.1 Å². The van der Waals surface area contributed by atoms with E-state index >= 15 is 0 Å². The van der Waals surface area contributed by atoms with Crippen molar-refractivity contribution in [3.8, 4) is 0 Å². The molecule has 1 aliphatic rings. The minimum atomic E-state index is -0.294. The molecule has 1 unspecified atom stereocenters. The van der Waals surface area contributed by atoms with E-state index in [1.807, 2.05) is 65.3 Å². The molecular formula is C21H24N4O3. The number of rotatable bonds is 6. The van der Waals surface area contributed by atoms with Gasteiger partial charge in [0.1, 0.15) is 12.3 Å². The zero-order chi connectivity index (χ0) is 19.2. The van der Waals surface area contributed by atoms with Gasteiger partial charge in [0.15, 0.2) is 0 Å². The number of carbonyl (C=O) groups is 1. The third-order valence-electron chi connectivity index (χ3n) is 4.69. The summed E-state index contributed by atoms with van der Waals surface area (Å²) >= 11 is 0. The first-order chi connectivity index (χ1) is 13.8. The fraction of sp³-hybridized carbons (Fsp3) is 0.333. The van der Waals surface area contributed by atoms with Gasteiger partial charge in [-0.1, -0.05) is 36.4 Å². The third kappa shape index (κ3) is 4.68. The van der Waals surface area contributed by atoms with Gasteiger partial charge in [0.25, 0.3) is 0 Å². The van der Waals surface area contributed by atoms with Crippen LogP contribution in [0.1, 0.15) is 11.3 Å². The molecule has 7 heteroatoms. The maximum atomic E-state index is 12.3. The standard InChI is InChI=1S/C21H24N4O3/c26-21(28-16-17-6-2-1-3-7-17)25-10-11-27-19(15-25)13-22-12-18-14-24-9-5-4-8-20(24)23-18/h1-9,14,19,22H,10-13,15-16H2. The summed E-state index contributed by atoms with van der Waals surface area (Å²) in [6.45, 7) is 3.17. The van der Waals surface area contributed by atoms with E-state index < -0.39 is 0 Å². The predicted molar refractivity (Wildman–Crippen MR) is 105 cm³/mol. The van der Waals surface area contributed by atoms with Crippen LogP contribution in [-0.2, 0) is 22.6 Å². The number of pyridine rings is 1. The van der Waals surface area contributed by atoms with Crippen molar-refractivity contribution in [1.82, 2.24) is 19.6 Å². The molecule has 0 radical (unpaired) electrons. The van der Waals surface area contributed by atoms with Crippen molar-refractivity contribution in [2.24, 2.45) is 0 Å². The molecule has 0 saturated carbocycles. The van der Waals surface area contributed by atoms with Crippen molar-refractivity contribution >= 4 is 11.7 Å². The van der Waals surface area contributed by atoms with Crippen LogP contribution in [0.3, 0.4) is 0 Å². The van der Waals surface area contributed by atoms with Crippen LogP contribution in [0.25, 0.3) is 5.65 Å². The van der Waals surface area contributed by atoms with E-state index in [0.717, 1.165) is 16.9 Å². The Kier molecular flexibility index (Phi) is 5.84. The number of imidazole rings is 1. The largest absolute Gasteiger partial charge is 0.445 e. The first kappa shape index (κ1) is 18.5. The Morgan fingerprint density at radius 3 is 2.93 bits per heavy atom. The van der Waals surface area contributed by atoms with Gasteiger partial charge >= 0.3 is 6.09 Å². The first-order valence-electron chi connectivity index (χ1n) is 9.48. The van der Waals surface area contributed by atoms with Gasteiger partial charge in [-0.15, -0.1) is 0 Å². The molecule has 1 saturated heterocycles. The lowest BCUT2D eigenvalue weighted by molar-refractivity contribution is -0.0271. The summed E-state index contributed by atoms with van der Waals surface area (Å²) in [5, 5.41) is 3.37. The summed E-state index contributed by atoms with van der Waals surface area (Å²) in [7, 11) is 0. The zero-order valence-corrected chi connectivity index (χ0v) is 15.7. The first-order valence-corrected chi connectivity index (χ1v) is 9.48. The van der Waals surface area contributed by atoms with E-state index in [2.05, 4.69) is 10.3 Å². The highest BCUT2D eigenvalue weighted by molar-refractivity contribution is 5.67. The molecule has 1 amide bonds. The average molecular weight is 380 g/mol. The summed E-state index contributed by atoms with van der Waals surface area (Å²) in [5.74, 6) is 0. The van der Waals surface area contributed by atoms with Crippen LogP contribution in [0, 0.1) is 0 Å². The second kappa shape index (κ2) is 8.86. The van der Waals surface area contributed by atoms with Crippen molar-refractivity contribution in [3.63, 3.8) is 0 Å². The molecule has 3 heterocycles. The molecule has 1 fully saturated rings. The predicted octanol–water partition coefficient (Wildman–Crippen LogP) is 2.46. The Bertz CT molecular complexity index is 879. The highest BCUT2D eigenvalue weighted by atomic mass is 16.6. The topological polar surface area (TPSA) is 68.1 Å². The van der Waals surface area contributed by atoms with Crippen LogP contribution < -0.4 is 5.32 Å². The van der Waals surface area contributed by atoms with Gasteiger partial charge in [0.2, 0.25) is 0 Å². The molecule has 0 bridgehead atoms. The van der Waals surface area contributed by atoms with Crippen LogP contribution in [0.4, 0.5) is 4.79 Å². The highest BCUT2D eigenvalue weighted by Crippen LogP contribution is 2.09. The molecule has 1 atom stereocenters. The molecule has 2 aromatic heterocycles. The van der Waals surface area contributed by atoms with Crippen molar-refractivity contribution in [2.75, 3.05) is 26.2 Å². The summed E-state index contributed by atoms with van der Waals surface area (Å²) in [4.78, 5) is 18.6. The fourth-order valence-electron chi connectivity index (χ4n) is 3.25. The van der Waals surface area contributed by atoms with Gasteiger partial charge in [-0.3, -0.25) is 0 Å². The minimum Gasteiger partial charge on any atom is -0.445 e. The monoisotopic (exact) mass is 380 g/mol. The molecule has 0 aliphatic carbocycles. The molecule has 0 spiro atoms. The maximum absolute atomic E-state index is 12.3. The van der Waals surface area contributed by atoms with Crippen LogP contribution in [0.5, 0.6) is 0 Å². The Morgan fingerprint density at radius 1 is 1.21 bits per heavy atom. The number of nitrogens with one attached hydrogen (secondary N) is 1. The van der Waals surface area contributed by atoms with Gasteiger partial charge in [-0.2, -0.15) is 0 Å². The van der Waals surface area contributed by atoms with E-state index in [0.29, 0.717) is 32.8 Å². The Labute approximate surface area is 163 Å². The molecule has 7 nitrogen and oxygen atoms in total. The van der Waals surface area contributed by atoms with E-state index in [1.54, 1.807) is 4.90 Å². The molecule has 146 valence electrons. The van der Waals surface area contributed by atoms with Crippen LogP contribution in [0.2, 0.25) is 0 Å². The normalized spacial score (nSPS) is 17.0. The van der Waals surface area contributed by atoms with E-state index in [1.165, 1.54) is 0 Å². The number of aromatic nitrogens is 2. The minimum absolute atomic E-state index is 0.0601. The van der Waals surface area contributed by atoms with E-state index in [4.69, 9.17) is 9.47 Å². The van der Waals surface area contributed by atoms with Crippen LogP contribution in [0.15, 0.2) is 60.9 Å². The maximum Gasteiger partial charge on any atom is 0.410 e. The Morgan fingerprint density at radius 2 is 2.07 bits per heavy atom.